The molecule has 0 spiro atoms. The lowest BCUT2D eigenvalue weighted by Crippen LogP contribution is -2.29. The summed E-state index contributed by atoms with van der Waals surface area (Å²) in [5.74, 6) is 0. The van der Waals surface area contributed by atoms with Gasteiger partial charge in [0.25, 0.3) is 10.1 Å². The van der Waals surface area contributed by atoms with Gasteiger partial charge >= 0.3 is 0 Å². The zero-order valence-electron chi connectivity index (χ0n) is 9.86. The molecule has 2 atom stereocenters. The molecule has 1 aromatic rings. The normalized spacial score (nSPS) is 19.5. The molecule has 0 aliphatic carbocycles. The van der Waals surface area contributed by atoms with Gasteiger partial charge in [-0.25, -0.2) is 0 Å². The van der Waals surface area contributed by atoms with Gasteiger partial charge in [-0.05, 0) is 5.56 Å². The predicted molar refractivity (Wildman–Crippen MR) is 67.6 cm³/mol. The van der Waals surface area contributed by atoms with E-state index < -0.39 is 21.7 Å². The van der Waals surface area contributed by atoms with Crippen molar-refractivity contribution in [2.75, 3.05) is 6.61 Å². The van der Waals surface area contributed by atoms with Crippen molar-refractivity contribution in [3.8, 4) is 0 Å². The Morgan fingerprint density at radius 1 is 1.39 bits per heavy atom. The fraction of sp³-hybridized carbons (Fsp3) is 0.333. The van der Waals surface area contributed by atoms with E-state index in [1.807, 2.05) is 30.3 Å². The first-order valence-electron chi connectivity index (χ1n) is 5.31. The Hall–Kier alpha value is -1.21. The van der Waals surface area contributed by atoms with Crippen LogP contribution in [0.2, 0.25) is 0 Å². The lowest BCUT2D eigenvalue weighted by atomic mass is 10.2. The van der Waals surface area contributed by atoms with Gasteiger partial charge in [0, 0.05) is 0 Å². The molecule has 0 bridgehead atoms. The molecule has 1 aromatic carbocycles. The molecule has 2 unspecified atom stereocenters. The fourth-order valence-corrected chi connectivity index (χ4v) is 2.13. The first-order chi connectivity index (χ1) is 8.57. The second kappa shape index (κ2) is 6.65. The Bertz CT molecular complexity index is 453. The van der Waals surface area contributed by atoms with Crippen LogP contribution in [-0.2, 0) is 26.2 Å². The zero-order chi connectivity index (χ0) is 13.6. The molecule has 1 saturated heterocycles. The Kier molecular flexibility index (Phi) is 5.49. The number of hydrogen-bond donors (Lipinski definition) is 1. The van der Waals surface area contributed by atoms with Crippen molar-refractivity contribution in [1.82, 2.24) is 0 Å². The van der Waals surface area contributed by atoms with E-state index in [9.17, 15) is 8.42 Å². The van der Waals surface area contributed by atoms with E-state index in [4.69, 9.17) is 14.0 Å². The van der Waals surface area contributed by atoms with Crippen molar-refractivity contribution in [3.63, 3.8) is 0 Å². The molecule has 1 aliphatic heterocycles. The highest BCUT2D eigenvalue weighted by molar-refractivity contribution is 7.86. The highest BCUT2D eigenvalue weighted by atomic mass is 32.2. The van der Waals surface area contributed by atoms with Crippen LogP contribution in [0, 0.1) is 0 Å². The van der Waals surface area contributed by atoms with Crippen LogP contribution in [0.25, 0.3) is 0 Å². The van der Waals surface area contributed by atoms with Crippen molar-refractivity contribution < 1.29 is 22.4 Å². The summed E-state index contributed by atoms with van der Waals surface area (Å²) in [5, 5.41) is 0. The largest absolute Gasteiger partial charge is 0.369 e. The Morgan fingerprint density at radius 3 is 2.39 bits per heavy atom. The molecule has 0 saturated carbocycles. The summed E-state index contributed by atoms with van der Waals surface area (Å²) >= 11 is 0. The van der Waals surface area contributed by atoms with Crippen molar-refractivity contribution in [2.24, 2.45) is 0 Å². The molecule has 0 aromatic heterocycles. The third-order valence-corrected chi connectivity index (χ3v) is 3.24. The van der Waals surface area contributed by atoms with Gasteiger partial charge in [0.05, 0.1) is 13.2 Å². The number of rotatable bonds is 5. The van der Waals surface area contributed by atoms with Crippen LogP contribution in [-0.4, -0.2) is 31.1 Å². The number of ether oxygens (including phenoxy) is 2. The maximum atomic E-state index is 11.0. The van der Waals surface area contributed by atoms with E-state index in [-0.39, 0.29) is 6.61 Å². The van der Waals surface area contributed by atoms with Gasteiger partial charge in [0.15, 0.2) is 0 Å². The maximum Gasteiger partial charge on any atom is 0.295 e. The minimum absolute atomic E-state index is 0.130. The third-order valence-electron chi connectivity index (χ3n) is 2.21. The maximum absolute atomic E-state index is 11.0. The number of benzene rings is 1. The number of hydrogen-bond acceptors (Lipinski definition) is 4. The lowest BCUT2D eigenvalue weighted by Gasteiger charge is -2.12. The van der Waals surface area contributed by atoms with Crippen molar-refractivity contribution >= 4 is 10.1 Å². The minimum atomic E-state index is -4.22. The lowest BCUT2D eigenvalue weighted by molar-refractivity contribution is 0.0670. The van der Waals surface area contributed by atoms with Crippen LogP contribution in [0.1, 0.15) is 5.56 Å². The van der Waals surface area contributed by atoms with Gasteiger partial charge in [0.1, 0.15) is 6.10 Å². The fourth-order valence-electron chi connectivity index (χ4n) is 1.35. The highest BCUT2D eigenvalue weighted by Crippen LogP contribution is 2.22. The quantitative estimate of drug-likeness (QED) is 0.501. The number of epoxide rings is 1. The highest BCUT2D eigenvalue weighted by Gasteiger charge is 2.42. The summed E-state index contributed by atoms with van der Waals surface area (Å²) in [6.45, 7) is 6.43. The van der Waals surface area contributed by atoms with E-state index in [1.165, 1.54) is 0 Å². The van der Waals surface area contributed by atoms with Crippen molar-refractivity contribution in [3.05, 3.63) is 49.1 Å². The second-order valence-corrected chi connectivity index (χ2v) is 5.05. The molecule has 1 aliphatic rings. The van der Waals surface area contributed by atoms with Crippen LogP contribution in [0.5, 0.6) is 0 Å². The monoisotopic (exact) mass is 272 g/mol. The summed E-state index contributed by atoms with van der Waals surface area (Å²) in [6, 6.07) is 9.14. The molecule has 5 nitrogen and oxygen atoms in total. The van der Waals surface area contributed by atoms with Gasteiger partial charge in [-0.1, -0.05) is 30.3 Å². The average molecular weight is 272 g/mol. The summed E-state index contributed by atoms with van der Waals surface area (Å²) in [5.41, 5.74) is -0.440. The average Bonchev–Trinajstić information content (AvgIpc) is 3.16. The molecule has 1 N–H and O–H groups in total. The summed E-state index contributed by atoms with van der Waals surface area (Å²) < 4.78 is 40.9. The van der Waals surface area contributed by atoms with Gasteiger partial charge in [-0.3, -0.25) is 4.55 Å². The van der Waals surface area contributed by atoms with Gasteiger partial charge in [-0.2, -0.15) is 8.42 Å². The Morgan fingerprint density at radius 2 is 1.94 bits per heavy atom. The van der Waals surface area contributed by atoms with Gasteiger partial charge in [0.2, 0.25) is 5.44 Å². The first-order valence-corrected chi connectivity index (χ1v) is 6.81. The van der Waals surface area contributed by atoms with Crippen LogP contribution in [0.15, 0.2) is 43.5 Å². The second-order valence-electron chi connectivity index (χ2n) is 3.55. The van der Waals surface area contributed by atoms with Crippen LogP contribution < -0.4 is 0 Å². The molecule has 18 heavy (non-hydrogen) atoms. The van der Waals surface area contributed by atoms with E-state index in [0.29, 0.717) is 6.61 Å². The SMILES string of the molecule is C=C.O=S(=O)(O)C(OCc1ccccc1)C1CO1. The minimum Gasteiger partial charge on any atom is -0.369 e. The predicted octanol–water partition coefficient (Wildman–Crippen LogP) is 1.62. The van der Waals surface area contributed by atoms with E-state index in [2.05, 4.69) is 13.2 Å². The van der Waals surface area contributed by atoms with Crippen LogP contribution in [0.4, 0.5) is 0 Å². The van der Waals surface area contributed by atoms with Crippen molar-refractivity contribution in [1.29, 1.82) is 0 Å². The van der Waals surface area contributed by atoms with Gasteiger partial charge < -0.3 is 9.47 Å². The molecule has 1 fully saturated rings. The smallest absolute Gasteiger partial charge is 0.295 e. The van der Waals surface area contributed by atoms with Gasteiger partial charge in [-0.15, -0.1) is 13.2 Å². The molecule has 100 valence electrons. The standard InChI is InChI=1S/C10H12O5S.C2H4/c11-16(12,13)10(9-7-14-9)15-6-8-4-2-1-3-5-8;1-2/h1-5,9-10H,6-7H2,(H,11,12,13);1-2H2. The van der Waals surface area contributed by atoms with E-state index >= 15 is 0 Å². The van der Waals surface area contributed by atoms with Crippen molar-refractivity contribution in [2.45, 2.75) is 18.1 Å². The zero-order valence-corrected chi connectivity index (χ0v) is 10.7. The molecule has 1 heterocycles. The van der Waals surface area contributed by atoms with Crippen LogP contribution >= 0.6 is 0 Å². The molecular formula is C12H16O5S. The summed E-state index contributed by atoms with van der Waals surface area (Å²) in [6.07, 6.45) is -0.543. The Balaban J connectivity index is 0.000000771. The van der Waals surface area contributed by atoms with E-state index in [1.54, 1.807) is 0 Å². The van der Waals surface area contributed by atoms with E-state index in [0.717, 1.165) is 5.56 Å². The Labute approximate surface area is 107 Å². The molecular weight excluding hydrogens is 256 g/mol. The topological polar surface area (TPSA) is 76.1 Å². The third kappa shape index (κ3) is 4.58. The summed E-state index contributed by atoms with van der Waals surface area (Å²) in [7, 11) is -4.22. The molecule has 0 radical (unpaired) electrons. The molecule has 2 rings (SSSR count). The van der Waals surface area contributed by atoms with Crippen LogP contribution in [0.3, 0.4) is 0 Å². The molecule has 0 amide bonds. The molecule has 6 heteroatoms. The summed E-state index contributed by atoms with van der Waals surface area (Å²) in [4.78, 5) is 0. The first kappa shape index (κ1) is 14.8.